The van der Waals surface area contributed by atoms with Crippen LogP contribution in [0.1, 0.15) is 77.0 Å². The van der Waals surface area contributed by atoms with E-state index in [1.807, 2.05) is 0 Å². The van der Waals surface area contributed by atoms with E-state index in [-0.39, 0.29) is 11.3 Å². The van der Waals surface area contributed by atoms with Crippen LogP contribution in [0.2, 0.25) is 0 Å². The van der Waals surface area contributed by atoms with Crippen LogP contribution < -0.4 is 11.1 Å². The van der Waals surface area contributed by atoms with E-state index in [1.165, 1.54) is 44.9 Å². The molecule has 2 aliphatic carbocycles. The van der Waals surface area contributed by atoms with Crippen LogP contribution in [0, 0.1) is 5.41 Å². The molecule has 0 spiro atoms. The molecule has 3 N–H and O–H groups in total. The molecule has 132 valence electrons. The molecule has 0 aromatic carbocycles. The maximum Gasteiger partial charge on any atom is 0.220 e. The normalized spacial score (nSPS) is 27.2. The third kappa shape index (κ3) is 4.48. The summed E-state index contributed by atoms with van der Waals surface area (Å²) in [6, 6.07) is 1.22. The topological polar surface area (TPSA) is 58.4 Å². The first-order valence-electron chi connectivity index (χ1n) is 9.94. The van der Waals surface area contributed by atoms with E-state index in [4.69, 9.17) is 5.73 Å². The minimum Gasteiger partial charge on any atom is -0.353 e. The van der Waals surface area contributed by atoms with Crippen molar-refractivity contribution in [2.24, 2.45) is 11.1 Å². The van der Waals surface area contributed by atoms with E-state index in [1.54, 1.807) is 0 Å². The van der Waals surface area contributed by atoms with Gasteiger partial charge >= 0.3 is 0 Å². The van der Waals surface area contributed by atoms with Gasteiger partial charge in [0.1, 0.15) is 0 Å². The van der Waals surface area contributed by atoms with Gasteiger partial charge in [0.25, 0.3) is 0 Å². The lowest BCUT2D eigenvalue weighted by atomic mass is 9.71. The van der Waals surface area contributed by atoms with Gasteiger partial charge in [0.05, 0.1) is 0 Å². The number of carbonyl (C=O) groups is 1. The third-order valence-corrected chi connectivity index (χ3v) is 6.62. The SMILES string of the molecule is NCC1(CC(=O)NC2CCN(C3CCCC3)CC2)CCCCC1. The molecular formula is C19H35N3O. The van der Waals surface area contributed by atoms with Crippen molar-refractivity contribution in [1.29, 1.82) is 0 Å². The number of carbonyl (C=O) groups excluding carboxylic acids is 1. The molecule has 23 heavy (non-hydrogen) atoms. The Labute approximate surface area is 141 Å². The summed E-state index contributed by atoms with van der Waals surface area (Å²) in [5.74, 6) is 0.247. The van der Waals surface area contributed by atoms with Gasteiger partial charge in [-0.05, 0) is 50.5 Å². The minimum absolute atomic E-state index is 0.0902. The second-order valence-electron chi connectivity index (χ2n) is 8.26. The summed E-state index contributed by atoms with van der Waals surface area (Å²) in [6.45, 7) is 3.00. The summed E-state index contributed by atoms with van der Waals surface area (Å²) in [5, 5.41) is 3.32. The van der Waals surface area contributed by atoms with E-state index < -0.39 is 0 Å². The van der Waals surface area contributed by atoms with Crippen LogP contribution in [0.25, 0.3) is 0 Å². The van der Waals surface area contributed by atoms with Crippen LogP contribution in [0.15, 0.2) is 0 Å². The highest BCUT2D eigenvalue weighted by Gasteiger charge is 2.34. The molecule has 0 bridgehead atoms. The van der Waals surface area contributed by atoms with Gasteiger partial charge < -0.3 is 16.0 Å². The predicted octanol–water partition coefficient (Wildman–Crippen LogP) is 2.81. The smallest absolute Gasteiger partial charge is 0.220 e. The van der Waals surface area contributed by atoms with Gasteiger partial charge in [-0.2, -0.15) is 0 Å². The third-order valence-electron chi connectivity index (χ3n) is 6.62. The minimum atomic E-state index is 0.0902. The van der Waals surface area contributed by atoms with E-state index >= 15 is 0 Å². The monoisotopic (exact) mass is 321 g/mol. The van der Waals surface area contributed by atoms with Crippen LogP contribution in [-0.4, -0.2) is 42.5 Å². The fraction of sp³-hybridized carbons (Fsp3) is 0.947. The molecule has 2 saturated carbocycles. The Bertz CT molecular complexity index is 378. The van der Waals surface area contributed by atoms with Gasteiger partial charge in [0.2, 0.25) is 5.91 Å². The van der Waals surface area contributed by atoms with Gasteiger partial charge in [-0.3, -0.25) is 4.79 Å². The van der Waals surface area contributed by atoms with Crippen LogP contribution in [-0.2, 0) is 4.79 Å². The Morgan fingerprint density at radius 3 is 2.26 bits per heavy atom. The number of hydrogen-bond donors (Lipinski definition) is 2. The van der Waals surface area contributed by atoms with Crippen molar-refractivity contribution < 1.29 is 4.79 Å². The lowest BCUT2D eigenvalue weighted by molar-refractivity contribution is -0.125. The molecular weight excluding hydrogens is 286 g/mol. The summed E-state index contributed by atoms with van der Waals surface area (Å²) in [4.78, 5) is 15.2. The zero-order valence-electron chi connectivity index (χ0n) is 14.7. The average molecular weight is 322 g/mol. The maximum absolute atomic E-state index is 12.5. The number of hydrogen-bond acceptors (Lipinski definition) is 3. The fourth-order valence-electron chi connectivity index (χ4n) is 5.05. The lowest BCUT2D eigenvalue weighted by Gasteiger charge is -2.38. The van der Waals surface area contributed by atoms with Crippen molar-refractivity contribution in [3.05, 3.63) is 0 Å². The highest BCUT2D eigenvalue weighted by atomic mass is 16.1. The fourth-order valence-corrected chi connectivity index (χ4v) is 5.05. The quantitative estimate of drug-likeness (QED) is 0.818. The van der Waals surface area contributed by atoms with Gasteiger partial charge in [-0.1, -0.05) is 32.1 Å². The summed E-state index contributed by atoms with van der Waals surface area (Å²) in [6.07, 6.45) is 14.5. The van der Waals surface area contributed by atoms with Crippen molar-refractivity contribution in [1.82, 2.24) is 10.2 Å². The van der Waals surface area contributed by atoms with Crippen molar-refractivity contribution in [3.8, 4) is 0 Å². The zero-order chi connectivity index (χ0) is 16.1. The second-order valence-corrected chi connectivity index (χ2v) is 8.26. The van der Waals surface area contributed by atoms with Crippen molar-refractivity contribution in [2.45, 2.75) is 89.1 Å². The number of likely N-dealkylation sites (tertiary alicyclic amines) is 1. The molecule has 0 radical (unpaired) electrons. The Kier molecular flexibility index (Phi) is 5.97. The number of piperidine rings is 1. The highest BCUT2D eigenvalue weighted by Crippen LogP contribution is 2.38. The van der Waals surface area contributed by atoms with Crippen LogP contribution in [0.4, 0.5) is 0 Å². The lowest BCUT2D eigenvalue weighted by Crippen LogP contribution is -2.48. The first-order chi connectivity index (χ1) is 11.2. The second kappa shape index (κ2) is 7.98. The summed E-state index contributed by atoms with van der Waals surface area (Å²) in [5.41, 5.74) is 6.11. The molecule has 3 rings (SSSR count). The van der Waals surface area contributed by atoms with E-state index in [9.17, 15) is 4.79 Å². The first-order valence-corrected chi connectivity index (χ1v) is 9.94. The Morgan fingerprint density at radius 2 is 1.65 bits per heavy atom. The Balaban J connectivity index is 1.42. The highest BCUT2D eigenvalue weighted by molar-refractivity contribution is 5.77. The summed E-state index contributed by atoms with van der Waals surface area (Å²) in [7, 11) is 0. The molecule has 1 heterocycles. The molecule has 3 aliphatic rings. The molecule has 4 heteroatoms. The predicted molar refractivity (Wildman–Crippen MR) is 94.2 cm³/mol. The molecule has 1 saturated heterocycles. The Morgan fingerprint density at radius 1 is 1.00 bits per heavy atom. The van der Waals surface area contributed by atoms with E-state index in [0.717, 1.165) is 44.8 Å². The molecule has 0 atom stereocenters. The van der Waals surface area contributed by atoms with Crippen LogP contribution >= 0.6 is 0 Å². The molecule has 0 unspecified atom stereocenters. The molecule has 4 nitrogen and oxygen atoms in total. The first kappa shape index (κ1) is 17.2. The van der Waals surface area contributed by atoms with Gasteiger partial charge in [-0.15, -0.1) is 0 Å². The summed E-state index contributed by atoms with van der Waals surface area (Å²) >= 11 is 0. The maximum atomic E-state index is 12.5. The van der Waals surface area contributed by atoms with Gasteiger partial charge in [0.15, 0.2) is 0 Å². The molecule has 1 aliphatic heterocycles. The van der Waals surface area contributed by atoms with Crippen molar-refractivity contribution >= 4 is 5.91 Å². The van der Waals surface area contributed by atoms with Crippen LogP contribution in [0.3, 0.4) is 0 Å². The molecule has 0 aromatic rings. The van der Waals surface area contributed by atoms with Gasteiger partial charge in [0, 0.05) is 31.6 Å². The van der Waals surface area contributed by atoms with Gasteiger partial charge in [-0.25, -0.2) is 0 Å². The number of rotatable bonds is 5. The van der Waals surface area contributed by atoms with Crippen molar-refractivity contribution in [3.63, 3.8) is 0 Å². The largest absolute Gasteiger partial charge is 0.353 e. The van der Waals surface area contributed by atoms with Crippen molar-refractivity contribution in [2.75, 3.05) is 19.6 Å². The average Bonchev–Trinajstić information content (AvgIpc) is 3.11. The summed E-state index contributed by atoms with van der Waals surface area (Å²) < 4.78 is 0. The molecule has 3 fully saturated rings. The van der Waals surface area contributed by atoms with E-state index in [0.29, 0.717) is 19.0 Å². The zero-order valence-corrected chi connectivity index (χ0v) is 14.7. The van der Waals surface area contributed by atoms with E-state index in [2.05, 4.69) is 10.2 Å². The molecule has 0 aromatic heterocycles. The standard InChI is InChI=1S/C19H35N3O/c20-15-19(10-4-1-5-11-19)14-18(23)21-16-8-12-22(13-9-16)17-6-2-3-7-17/h16-17H,1-15,20H2,(H,21,23). The number of nitrogens with two attached hydrogens (primary N) is 1. The van der Waals surface area contributed by atoms with Crippen LogP contribution in [0.5, 0.6) is 0 Å². The molecule has 1 amide bonds. The number of nitrogens with zero attached hydrogens (tertiary/aromatic N) is 1. The Hall–Kier alpha value is -0.610. The number of amides is 1. The number of nitrogens with one attached hydrogen (secondary N) is 1.